The Morgan fingerprint density at radius 1 is 1.28 bits per heavy atom. The summed E-state index contributed by atoms with van der Waals surface area (Å²) in [7, 11) is 1.21. The Morgan fingerprint density at radius 3 is 2.64 bits per heavy atom. The molecule has 1 heterocycles. The number of ether oxygens (including phenoxy) is 2. The topological polar surface area (TPSA) is 95.3 Å². The van der Waals surface area contributed by atoms with Gasteiger partial charge < -0.3 is 14.8 Å². The summed E-state index contributed by atoms with van der Waals surface area (Å²) < 4.78 is 24.7. The lowest BCUT2D eigenvalue weighted by atomic mass is 10.2. The highest BCUT2D eigenvalue weighted by atomic mass is 19.1. The van der Waals surface area contributed by atoms with Crippen molar-refractivity contribution in [2.75, 3.05) is 7.11 Å². The van der Waals surface area contributed by atoms with Gasteiger partial charge in [-0.1, -0.05) is 5.21 Å². The highest BCUT2D eigenvalue weighted by Gasteiger charge is 2.16. The number of carbonyl (C=O) groups excluding carboxylic acids is 2. The number of halogens is 1. The first-order valence-electron chi connectivity index (χ1n) is 7.45. The molecule has 0 fully saturated rings. The van der Waals surface area contributed by atoms with Crippen molar-refractivity contribution in [3.05, 3.63) is 41.5 Å². The summed E-state index contributed by atoms with van der Waals surface area (Å²) in [5, 5.41) is 10.3. The molecule has 8 nitrogen and oxygen atoms in total. The molecule has 0 saturated heterocycles. The molecule has 2 rings (SSSR count). The fraction of sp³-hybridized carbons (Fsp3) is 0.375. The Bertz CT molecular complexity index is 783. The van der Waals surface area contributed by atoms with Crippen LogP contribution in [0.2, 0.25) is 0 Å². The molecule has 0 aliphatic rings. The van der Waals surface area contributed by atoms with E-state index in [0.29, 0.717) is 11.4 Å². The molecule has 9 heteroatoms. The second-order valence-electron chi connectivity index (χ2n) is 6.20. The monoisotopic (exact) mass is 350 g/mol. The van der Waals surface area contributed by atoms with Crippen LogP contribution in [0.4, 0.5) is 9.18 Å². The molecule has 1 N–H and O–H groups in total. The SMILES string of the molecule is COC(=O)c1cc(F)cc(-n2cc(CNC(=O)OC(C)(C)C)nn2)c1. The van der Waals surface area contributed by atoms with E-state index < -0.39 is 23.5 Å². The Balaban J connectivity index is 2.10. The summed E-state index contributed by atoms with van der Waals surface area (Å²) in [6, 6.07) is 3.69. The summed E-state index contributed by atoms with van der Waals surface area (Å²) in [5.41, 5.74) is 0.195. The van der Waals surface area contributed by atoms with Crippen LogP contribution in [-0.2, 0) is 16.0 Å². The van der Waals surface area contributed by atoms with Gasteiger partial charge in [0.15, 0.2) is 0 Å². The summed E-state index contributed by atoms with van der Waals surface area (Å²) in [5.74, 6) is -1.27. The van der Waals surface area contributed by atoms with Gasteiger partial charge in [0.1, 0.15) is 17.1 Å². The first-order chi connectivity index (χ1) is 11.7. The first kappa shape index (κ1) is 18.4. The van der Waals surface area contributed by atoms with Crippen molar-refractivity contribution in [2.45, 2.75) is 32.9 Å². The number of carbonyl (C=O) groups is 2. The zero-order chi connectivity index (χ0) is 18.6. The van der Waals surface area contributed by atoms with Gasteiger partial charge in [0.2, 0.25) is 0 Å². The number of amides is 1. The van der Waals surface area contributed by atoms with E-state index in [1.807, 2.05) is 0 Å². The van der Waals surface area contributed by atoms with Gasteiger partial charge in [-0.15, -0.1) is 5.10 Å². The molecular weight excluding hydrogens is 331 g/mol. The molecule has 1 amide bonds. The van der Waals surface area contributed by atoms with Crippen molar-refractivity contribution in [3.8, 4) is 5.69 Å². The van der Waals surface area contributed by atoms with Crippen molar-refractivity contribution in [1.82, 2.24) is 20.3 Å². The van der Waals surface area contributed by atoms with Crippen LogP contribution in [0.5, 0.6) is 0 Å². The molecule has 1 aromatic carbocycles. The highest BCUT2D eigenvalue weighted by molar-refractivity contribution is 5.89. The van der Waals surface area contributed by atoms with Gasteiger partial charge in [-0.05, 0) is 39.0 Å². The first-order valence-corrected chi connectivity index (χ1v) is 7.45. The molecule has 0 saturated carbocycles. The normalized spacial score (nSPS) is 11.1. The molecule has 0 unspecified atom stereocenters. The van der Waals surface area contributed by atoms with E-state index in [1.54, 1.807) is 20.8 Å². The van der Waals surface area contributed by atoms with E-state index in [2.05, 4.69) is 20.4 Å². The van der Waals surface area contributed by atoms with E-state index in [1.165, 1.54) is 30.1 Å². The number of methoxy groups -OCH3 is 1. The minimum atomic E-state index is -0.660. The minimum absolute atomic E-state index is 0.0569. The summed E-state index contributed by atoms with van der Waals surface area (Å²) in [6.07, 6.45) is 0.925. The maximum absolute atomic E-state index is 13.7. The predicted octanol–water partition coefficient (Wildman–Crippen LogP) is 2.22. The third-order valence-electron chi connectivity index (χ3n) is 2.92. The van der Waals surface area contributed by atoms with Crippen LogP contribution in [0.3, 0.4) is 0 Å². The Kier molecular flexibility index (Phi) is 5.35. The van der Waals surface area contributed by atoms with Crippen LogP contribution >= 0.6 is 0 Å². The minimum Gasteiger partial charge on any atom is -0.465 e. The third kappa shape index (κ3) is 5.27. The zero-order valence-corrected chi connectivity index (χ0v) is 14.4. The van der Waals surface area contributed by atoms with Crippen molar-refractivity contribution >= 4 is 12.1 Å². The Hall–Kier alpha value is -2.97. The van der Waals surface area contributed by atoms with E-state index in [0.717, 1.165) is 6.07 Å². The Labute approximate surface area is 143 Å². The number of nitrogens with one attached hydrogen (secondary N) is 1. The van der Waals surface area contributed by atoms with Gasteiger partial charge in [-0.25, -0.2) is 18.7 Å². The second kappa shape index (κ2) is 7.29. The maximum atomic E-state index is 13.7. The van der Waals surface area contributed by atoms with Crippen LogP contribution in [0.15, 0.2) is 24.4 Å². The van der Waals surface area contributed by atoms with E-state index >= 15 is 0 Å². The van der Waals surface area contributed by atoms with Gasteiger partial charge in [0.25, 0.3) is 0 Å². The molecule has 1 aromatic heterocycles. The highest BCUT2D eigenvalue weighted by Crippen LogP contribution is 2.14. The number of rotatable bonds is 4. The van der Waals surface area contributed by atoms with Gasteiger partial charge in [-0.2, -0.15) is 0 Å². The largest absolute Gasteiger partial charge is 0.465 e. The van der Waals surface area contributed by atoms with Crippen molar-refractivity contribution in [1.29, 1.82) is 0 Å². The van der Waals surface area contributed by atoms with Crippen molar-refractivity contribution < 1.29 is 23.5 Å². The van der Waals surface area contributed by atoms with Gasteiger partial charge >= 0.3 is 12.1 Å². The lowest BCUT2D eigenvalue weighted by Crippen LogP contribution is -2.32. The van der Waals surface area contributed by atoms with E-state index in [-0.39, 0.29) is 12.1 Å². The second-order valence-corrected chi connectivity index (χ2v) is 6.20. The van der Waals surface area contributed by atoms with Gasteiger partial charge in [0, 0.05) is 0 Å². The van der Waals surface area contributed by atoms with Crippen LogP contribution in [0.25, 0.3) is 5.69 Å². The molecule has 0 spiro atoms. The summed E-state index contributed by atoms with van der Waals surface area (Å²) in [6.45, 7) is 5.36. The summed E-state index contributed by atoms with van der Waals surface area (Å²) in [4.78, 5) is 23.2. The number of benzene rings is 1. The van der Waals surface area contributed by atoms with E-state index in [4.69, 9.17) is 4.74 Å². The van der Waals surface area contributed by atoms with Crippen LogP contribution in [0, 0.1) is 5.82 Å². The Morgan fingerprint density at radius 2 is 2.00 bits per heavy atom. The van der Waals surface area contributed by atoms with Gasteiger partial charge in [0.05, 0.1) is 31.1 Å². The van der Waals surface area contributed by atoms with Crippen molar-refractivity contribution in [2.24, 2.45) is 0 Å². The standard InChI is InChI=1S/C16H19FN4O4/c1-16(2,3)25-15(23)18-8-12-9-21(20-19-12)13-6-10(14(22)24-4)5-11(17)7-13/h5-7,9H,8H2,1-4H3,(H,18,23). The molecular formula is C16H19FN4O4. The number of esters is 1. The smallest absolute Gasteiger partial charge is 0.407 e. The molecule has 0 atom stereocenters. The molecule has 2 aromatic rings. The van der Waals surface area contributed by atoms with E-state index in [9.17, 15) is 14.0 Å². The fourth-order valence-electron chi connectivity index (χ4n) is 1.92. The van der Waals surface area contributed by atoms with Crippen molar-refractivity contribution in [3.63, 3.8) is 0 Å². The van der Waals surface area contributed by atoms with Crippen LogP contribution < -0.4 is 5.32 Å². The number of hydrogen-bond donors (Lipinski definition) is 1. The maximum Gasteiger partial charge on any atom is 0.407 e. The molecule has 134 valence electrons. The third-order valence-corrected chi connectivity index (χ3v) is 2.92. The quantitative estimate of drug-likeness (QED) is 0.850. The number of aromatic nitrogens is 3. The number of nitrogens with zero attached hydrogens (tertiary/aromatic N) is 3. The van der Waals surface area contributed by atoms with Crippen LogP contribution in [-0.4, -0.2) is 39.8 Å². The molecule has 0 aliphatic carbocycles. The zero-order valence-electron chi connectivity index (χ0n) is 14.4. The summed E-state index contributed by atoms with van der Waals surface area (Å²) >= 11 is 0. The fourth-order valence-corrected chi connectivity index (χ4v) is 1.92. The molecule has 0 aliphatic heterocycles. The number of alkyl carbamates (subject to hydrolysis) is 1. The average Bonchev–Trinajstić information content (AvgIpc) is 2.99. The molecule has 0 radical (unpaired) electrons. The lowest BCUT2D eigenvalue weighted by molar-refractivity contribution is 0.0521. The molecule has 0 bridgehead atoms. The van der Waals surface area contributed by atoms with Gasteiger partial charge in [-0.3, -0.25) is 0 Å². The average molecular weight is 350 g/mol. The predicted molar refractivity (Wildman–Crippen MR) is 85.7 cm³/mol. The van der Waals surface area contributed by atoms with Crippen LogP contribution in [0.1, 0.15) is 36.8 Å². The number of hydrogen-bond acceptors (Lipinski definition) is 6. The lowest BCUT2D eigenvalue weighted by Gasteiger charge is -2.19. The molecule has 25 heavy (non-hydrogen) atoms.